The molecule has 6 nitrogen and oxygen atoms in total. The van der Waals surface area contributed by atoms with Crippen LogP contribution >= 0.6 is 15.9 Å². The van der Waals surface area contributed by atoms with Crippen LogP contribution < -0.4 is 10.6 Å². The SMILES string of the molecule is CC1(C)[C@H](C(=O)O)[C@@H]1C(=O)NCC(=O)Nc1ccc(Br)cc1. The van der Waals surface area contributed by atoms with Crippen molar-refractivity contribution in [2.75, 3.05) is 11.9 Å². The van der Waals surface area contributed by atoms with Crippen LogP contribution in [0.1, 0.15) is 13.8 Å². The number of benzene rings is 1. The minimum Gasteiger partial charge on any atom is -0.481 e. The first-order chi connectivity index (χ1) is 10.2. The number of carbonyl (C=O) groups is 3. The number of carbonyl (C=O) groups excluding carboxylic acids is 2. The molecule has 0 saturated heterocycles. The third-order valence-corrected chi connectivity index (χ3v) is 4.46. The number of halogens is 1. The van der Waals surface area contributed by atoms with Gasteiger partial charge in [-0.2, -0.15) is 0 Å². The molecule has 0 unspecified atom stereocenters. The fraction of sp³-hybridized carbons (Fsp3) is 0.400. The smallest absolute Gasteiger partial charge is 0.307 e. The Labute approximate surface area is 136 Å². The van der Waals surface area contributed by atoms with E-state index in [-0.39, 0.29) is 12.5 Å². The molecular weight excluding hydrogens is 352 g/mol. The Morgan fingerprint density at radius 2 is 1.77 bits per heavy atom. The van der Waals surface area contributed by atoms with E-state index in [9.17, 15) is 14.4 Å². The second-order valence-corrected chi connectivity index (χ2v) is 6.80. The van der Waals surface area contributed by atoms with Crippen molar-refractivity contribution in [3.05, 3.63) is 28.7 Å². The Kier molecular flexibility index (Phi) is 4.55. The van der Waals surface area contributed by atoms with E-state index in [1.165, 1.54) is 0 Å². The maximum atomic E-state index is 12.0. The normalized spacial score (nSPS) is 21.8. The highest BCUT2D eigenvalue weighted by molar-refractivity contribution is 9.10. The summed E-state index contributed by atoms with van der Waals surface area (Å²) in [5.74, 6) is -3.03. The van der Waals surface area contributed by atoms with Crippen LogP contribution in [0.5, 0.6) is 0 Å². The van der Waals surface area contributed by atoms with Gasteiger partial charge in [-0.15, -0.1) is 0 Å². The van der Waals surface area contributed by atoms with E-state index < -0.39 is 29.1 Å². The van der Waals surface area contributed by atoms with Gasteiger partial charge in [0.25, 0.3) is 0 Å². The number of aliphatic carboxylic acids is 1. The van der Waals surface area contributed by atoms with Crippen molar-refractivity contribution >= 4 is 39.4 Å². The lowest BCUT2D eigenvalue weighted by Gasteiger charge is -2.07. The predicted octanol–water partition coefficient (Wildman–Crippen LogP) is 1.86. The molecule has 118 valence electrons. The van der Waals surface area contributed by atoms with Gasteiger partial charge in [-0.1, -0.05) is 29.8 Å². The summed E-state index contributed by atoms with van der Waals surface area (Å²) < 4.78 is 0.898. The molecule has 0 radical (unpaired) electrons. The average Bonchev–Trinajstić information content (AvgIpc) is 3.02. The Morgan fingerprint density at radius 3 is 2.27 bits per heavy atom. The van der Waals surface area contributed by atoms with Crippen molar-refractivity contribution in [3.63, 3.8) is 0 Å². The van der Waals surface area contributed by atoms with Gasteiger partial charge in [0.1, 0.15) is 0 Å². The highest BCUT2D eigenvalue weighted by atomic mass is 79.9. The van der Waals surface area contributed by atoms with E-state index in [2.05, 4.69) is 26.6 Å². The molecule has 0 heterocycles. The molecule has 1 aliphatic rings. The lowest BCUT2D eigenvalue weighted by Crippen LogP contribution is -2.35. The van der Waals surface area contributed by atoms with E-state index in [1.807, 2.05) is 0 Å². The van der Waals surface area contributed by atoms with Crippen LogP contribution in [0.3, 0.4) is 0 Å². The third kappa shape index (κ3) is 3.47. The molecule has 1 aromatic carbocycles. The molecule has 1 saturated carbocycles. The molecule has 0 aliphatic heterocycles. The zero-order valence-electron chi connectivity index (χ0n) is 12.2. The van der Waals surface area contributed by atoms with Crippen LogP contribution in [-0.4, -0.2) is 29.4 Å². The topological polar surface area (TPSA) is 95.5 Å². The van der Waals surface area contributed by atoms with Crippen LogP contribution in [0.4, 0.5) is 5.69 Å². The Bertz CT molecular complexity index is 612. The van der Waals surface area contributed by atoms with Crippen LogP contribution in [0.15, 0.2) is 28.7 Å². The number of carboxylic acids is 1. The lowest BCUT2D eigenvalue weighted by molar-refractivity contribution is -0.140. The average molecular weight is 369 g/mol. The highest BCUT2D eigenvalue weighted by Gasteiger charge is 2.65. The van der Waals surface area contributed by atoms with Gasteiger partial charge < -0.3 is 15.7 Å². The first kappa shape index (κ1) is 16.5. The van der Waals surface area contributed by atoms with Crippen molar-refractivity contribution in [3.8, 4) is 0 Å². The number of carboxylic acid groups (broad SMARTS) is 1. The summed E-state index contributed by atoms with van der Waals surface area (Å²) in [5.41, 5.74) is 0.0515. The summed E-state index contributed by atoms with van der Waals surface area (Å²) in [6.07, 6.45) is 0. The number of nitrogens with one attached hydrogen (secondary N) is 2. The van der Waals surface area contributed by atoms with Crippen LogP contribution in [-0.2, 0) is 14.4 Å². The Morgan fingerprint density at radius 1 is 1.18 bits per heavy atom. The van der Waals surface area contributed by atoms with E-state index in [0.29, 0.717) is 5.69 Å². The van der Waals surface area contributed by atoms with Crippen molar-refractivity contribution in [2.24, 2.45) is 17.3 Å². The number of hydrogen-bond donors (Lipinski definition) is 3. The number of anilines is 1. The zero-order valence-corrected chi connectivity index (χ0v) is 13.8. The fourth-order valence-electron chi connectivity index (χ4n) is 2.60. The maximum Gasteiger partial charge on any atom is 0.307 e. The third-order valence-electron chi connectivity index (χ3n) is 3.93. The summed E-state index contributed by atoms with van der Waals surface area (Å²) in [4.78, 5) is 34.8. The monoisotopic (exact) mass is 368 g/mol. The number of amides is 2. The number of rotatable bonds is 5. The van der Waals surface area contributed by atoms with Gasteiger partial charge in [-0.25, -0.2) is 0 Å². The largest absolute Gasteiger partial charge is 0.481 e. The summed E-state index contributed by atoms with van der Waals surface area (Å²) in [5, 5.41) is 14.2. The summed E-state index contributed by atoms with van der Waals surface area (Å²) >= 11 is 3.29. The molecule has 1 aromatic rings. The lowest BCUT2D eigenvalue weighted by atomic mass is 10.1. The minimum absolute atomic E-state index is 0.187. The highest BCUT2D eigenvalue weighted by Crippen LogP contribution is 2.58. The van der Waals surface area contributed by atoms with E-state index in [0.717, 1.165) is 4.47 Å². The molecular formula is C15H17BrN2O4. The van der Waals surface area contributed by atoms with Crippen LogP contribution in [0.2, 0.25) is 0 Å². The van der Waals surface area contributed by atoms with Crippen molar-refractivity contribution < 1.29 is 19.5 Å². The Balaban J connectivity index is 1.83. The molecule has 22 heavy (non-hydrogen) atoms. The molecule has 1 fully saturated rings. The van der Waals surface area contributed by atoms with E-state index in [4.69, 9.17) is 5.11 Å². The first-order valence-electron chi connectivity index (χ1n) is 6.79. The molecule has 2 atom stereocenters. The van der Waals surface area contributed by atoms with Gasteiger partial charge in [0.2, 0.25) is 11.8 Å². The quantitative estimate of drug-likeness (QED) is 0.738. The maximum absolute atomic E-state index is 12.0. The number of hydrogen-bond acceptors (Lipinski definition) is 3. The molecule has 3 N–H and O–H groups in total. The second-order valence-electron chi connectivity index (χ2n) is 5.89. The van der Waals surface area contributed by atoms with Gasteiger partial charge in [-0.05, 0) is 29.7 Å². The summed E-state index contributed by atoms with van der Waals surface area (Å²) in [7, 11) is 0. The van der Waals surface area contributed by atoms with Gasteiger partial charge >= 0.3 is 5.97 Å². The predicted molar refractivity (Wildman–Crippen MR) is 84.2 cm³/mol. The molecule has 7 heteroatoms. The molecule has 2 amide bonds. The van der Waals surface area contributed by atoms with Gasteiger partial charge in [0.05, 0.1) is 18.4 Å². The molecule has 0 spiro atoms. The van der Waals surface area contributed by atoms with Crippen molar-refractivity contribution in [1.29, 1.82) is 0 Å². The standard InChI is InChI=1S/C15H17BrN2O4/c1-15(2)11(12(15)14(21)22)13(20)17-7-10(19)18-9-5-3-8(16)4-6-9/h3-6,11-12H,7H2,1-2H3,(H,17,20)(H,18,19)(H,21,22)/t11-,12+/m1/s1. The molecule has 0 bridgehead atoms. The molecule has 2 rings (SSSR count). The second kappa shape index (κ2) is 6.08. The van der Waals surface area contributed by atoms with E-state index in [1.54, 1.807) is 38.1 Å². The summed E-state index contributed by atoms with van der Waals surface area (Å²) in [6, 6.07) is 7.04. The molecule has 0 aromatic heterocycles. The van der Waals surface area contributed by atoms with Crippen molar-refractivity contribution in [2.45, 2.75) is 13.8 Å². The fourth-order valence-corrected chi connectivity index (χ4v) is 2.87. The van der Waals surface area contributed by atoms with Gasteiger partial charge in [-0.3, -0.25) is 14.4 Å². The van der Waals surface area contributed by atoms with Crippen LogP contribution in [0.25, 0.3) is 0 Å². The first-order valence-corrected chi connectivity index (χ1v) is 7.58. The van der Waals surface area contributed by atoms with Crippen LogP contribution in [0, 0.1) is 17.3 Å². The van der Waals surface area contributed by atoms with Gasteiger partial charge in [0.15, 0.2) is 0 Å². The van der Waals surface area contributed by atoms with Crippen molar-refractivity contribution in [1.82, 2.24) is 5.32 Å². The minimum atomic E-state index is -0.982. The van der Waals surface area contributed by atoms with E-state index >= 15 is 0 Å². The Hall–Kier alpha value is -1.89. The van der Waals surface area contributed by atoms with Gasteiger partial charge in [0, 0.05) is 10.2 Å². The summed E-state index contributed by atoms with van der Waals surface area (Å²) in [6.45, 7) is 3.28. The zero-order chi connectivity index (χ0) is 16.5. The molecule has 1 aliphatic carbocycles.